The number of rotatable bonds is 2. The molecule has 150 valence electrons. The van der Waals surface area contributed by atoms with Crippen molar-refractivity contribution in [2.24, 2.45) is 5.92 Å². The van der Waals surface area contributed by atoms with Crippen molar-refractivity contribution in [3.63, 3.8) is 0 Å². The van der Waals surface area contributed by atoms with Gasteiger partial charge in [-0.25, -0.2) is 0 Å². The number of carbonyl (C=O) groups excluding carboxylic acids is 2. The van der Waals surface area contributed by atoms with Crippen LogP contribution in [-0.4, -0.2) is 64.0 Å². The Labute approximate surface area is 164 Å². The minimum Gasteiger partial charge on any atom is -0.476 e. The summed E-state index contributed by atoms with van der Waals surface area (Å²) in [7, 11) is 3.55. The summed E-state index contributed by atoms with van der Waals surface area (Å²) in [5.74, 6) is 0.345. The van der Waals surface area contributed by atoms with Crippen molar-refractivity contribution in [3.05, 3.63) is 46.6 Å². The van der Waals surface area contributed by atoms with E-state index in [0.717, 1.165) is 16.8 Å². The molecule has 3 aliphatic rings. The predicted octanol–water partition coefficient (Wildman–Crippen LogP) is 1.99. The molecule has 0 fully saturated rings. The Bertz CT molecular complexity index is 909. The first-order valence-corrected chi connectivity index (χ1v) is 9.65. The van der Waals surface area contributed by atoms with E-state index in [0.29, 0.717) is 24.4 Å². The van der Waals surface area contributed by atoms with Crippen molar-refractivity contribution < 1.29 is 19.4 Å². The monoisotopic (exact) mass is 385 g/mol. The van der Waals surface area contributed by atoms with Crippen LogP contribution in [0.25, 0.3) is 0 Å². The highest BCUT2D eigenvalue weighted by atomic mass is 16.5. The van der Waals surface area contributed by atoms with Crippen LogP contribution < -0.4 is 0 Å². The second-order valence-electron chi connectivity index (χ2n) is 8.53. The molecule has 28 heavy (non-hydrogen) atoms. The van der Waals surface area contributed by atoms with Crippen LogP contribution in [0, 0.1) is 5.92 Å². The number of allylic oxidation sites excluding steroid dienone is 2. The van der Waals surface area contributed by atoms with E-state index in [1.54, 1.807) is 50.9 Å². The summed E-state index contributed by atoms with van der Waals surface area (Å²) in [5.41, 5.74) is 2.26. The highest BCUT2D eigenvalue weighted by Gasteiger charge is 2.46. The van der Waals surface area contributed by atoms with Gasteiger partial charge in [0.1, 0.15) is 11.5 Å². The predicted molar refractivity (Wildman–Crippen MR) is 103 cm³/mol. The normalized spacial score (nSPS) is 27.9. The van der Waals surface area contributed by atoms with E-state index in [1.807, 2.05) is 6.07 Å². The van der Waals surface area contributed by atoms with Crippen LogP contribution in [0.15, 0.2) is 35.4 Å². The Hall–Kier alpha value is -2.54. The Kier molecular flexibility index (Phi) is 4.19. The van der Waals surface area contributed by atoms with Gasteiger partial charge in [0.2, 0.25) is 0 Å². The first kappa shape index (κ1) is 18.8. The lowest BCUT2D eigenvalue weighted by atomic mass is 9.78. The first-order chi connectivity index (χ1) is 13.1. The molecule has 3 atom stereocenters. The van der Waals surface area contributed by atoms with E-state index < -0.39 is 11.7 Å². The van der Waals surface area contributed by atoms with Crippen molar-refractivity contribution in [2.45, 2.75) is 44.8 Å². The number of H-pyrrole nitrogens is 1. The number of aromatic nitrogens is 1. The standard InChI is InChI=1S/C21H27N3O4/c1-11(25)12-8-14(15-10-23(4)19(26)17-13(15)6-7-22-17)18-16(9-12)24(5)20(27)21(2,3)28-18/h6-8,11-12,15,22,25H,9-10H2,1-5H3. The smallest absolute Gasteiger partial charge is 0.270 e. The van der Waals surface area contributed by atoms with Crippen LogP contribution in [-0.2, 0) is 9.53 Å². The number of nitrogens with one attached hydrogen (secondary N) is 1. The Morgan fingerprint density at radius 3 is 2.71 bits per heavy atom. The molecule has 7 nitrogen and oxygen atoms in total. The largest absolute Gasteiger partial charge is 0.476 e. The molecule has 0 bridgehead atoms. The minimum absolute atomic E-state index is 0.0360. The van der Waals surface area contributed by atoms with E-state index in [4.69, 9.17) is 4.74 Å². The van der Waals surface area contributed by atoms with Crippen molar-refractivity contribution in [1.82, 2.24) is 14.8 Å². The molecule has 0 spiro atoms. The summed E-state index contributed by atoms with van der Waals surface area (Å²) < 4.78 is 6.23. The number of aliphatic hydroxyl groups is 1. The van der Waals surface area contributed by atoms with Crippen LogP contribution in [0.2, 0.25) is 0 Å². The summed E-state index contributed by atoms with van der Waals surface area (Å²) in [4.78, 5) is 31.7. The van der Waals surface area contributed by atoms with Crippen LogP contribution >= 0.6 is 0 Å². The van der Waals surface area contributed by atoms with Gasteiger partial charge in [0.15, 0.2) is 5.60 Å². The third-order valence-electron chi connectivity index (χ3n) is 6.10. The topological polar surface area (TPSA) is 85.9 Å². The highest BCUT2D eigenvalue weighted by molar-refractivity contribution is 5.95. The third-order valence-corrected chi connectivity index (χ3v) is 6.10. The number of hydrogen-bond donors (Lipinski definition) is 2. The summed E-state index contributed by atoms with van der Waals surface area (Å²) in [6.45, 7) is 5.82. The molecule has 1 aromatic heterocycles. The van der Waals surface area contributed by atoms with Gasteiger partial charge in [-0.1, -0.05) is 6.08 Å². The average Bonchev–Trinajstić information content (AvgIpc) is 3.12. The second-order valence-corrected chi connectivity index (χ2v) is 8.53. The maximum absolute atomic E-state index is 12.7. The molecule has 2 N–H and O–H groups in total. The van der Waals surface area contributed by atoms with Gasteiger partial charge in [-0.2, -0.15) is 0 Å². The average molecular weight is 385 g/mol. The summed E-state index contributed by atoms with van der Waals surface area (Å²) >= 11 is 0. The molecule has 1 aliphatic carbocycles. The SMILES string of the molecule is CC(O)C1C=C(C2CN(C)C(=O)c3[nH]ccc32)C2=C(C1)N(C)C(=O)C(C)(C)O2. The molecule has 2 amide bonds. The number of amides is 2. The van der Waals surface area contributed by atoms with E-state index >= 15 is 0 Å². The number of aromatic amines is 1. The van der Waals surface area contributed by atoms with Crippen LogP contribution in [0.5, 0.6) is 0 Å². The Morgan fingerprint density at radius 2 is 2.04 bits per heavy atom. The zero-order valence-corrected chi connectivity index (χ0v) is 16.9. The van der Waals surface area contributed by atoms with Crippen molar-refractivity contribution in [3.8, 4) is 0 Å². The molecular formula is C21H27N3O4. The summed E-state index contributed by atoms with van der Waals surface area (Å²) in [6, 6.07) is 1.93. The molecule has 0 saturated carbocycles. The van der Waals surface area contributed by atoms with Gasteiger partial charge in [-0.15, -0.1) is 0 Å². The molecule has 4 rings (SSSR count). The van der Waals surface area contributed by atoms with Crippen LogP contribution in [0.4, 0.5) is 0 Å². The highest BCUT2D eigenvalue weighted by Crippen LogP contribution is 2.46. The van der Waals surface area contributed by atoms with Gasteiger partial charge in [0, 0.05) is 50.7 Å². The molecule has 0 saturated heterocycles. The lowest BCUT2D eigenvalue weighted by Gasteiger charge is -2.44. The van der Waals surface area contributed by atoms with Gasteiger partial charge >= 0.3 is 0 Å². The number of hydrogen-bond acceptors (Lipinski definition) is 4. The summed E-state index contributed by atoms with van der Waals surface area (Å²) in [6.07, 6.45) is 3.82. The number of ether oxygens (including phenoxy) is 1. The van der Waals surface area contributed by atoms with E-state index in [9.17, 15) is 14.7 Å². The number of carbonyl (C=O) groups is 2. The second kappa shape index (κ2) is 6.24. The minimum atomic E-state index is -0.971. The van der Waals surface area contributed by atoms with Crippen molar-refractivity contribution in [2.75, 3.05) is 20.6 Å². The van der Waals surface area contributed by atoms with Gasteiger partial charge in [-0.3, -0.25) is 9.59 Å². The molecule has 0 radical (unpaired) electrons. The van der Waals surface area contributed by atoms with Gasteiger partial charge < -0.3 is 24.6 Å². The fourth-order valence-electron chi connectivity index (χ4n) is 4.43. The maximum Gasteiger partial charge on any atom is 0.270 e. The van der Waals surface area contributed by atoms with Gasteiger partial charge in [-0.05, 0) is 32.4 Å². The van der Waals surface area contributed by atoms with E-state index in [-0.39, 0.29) is 23.7 Å². The van der Waals surface area contributed by atoms with Crippen LogP contribution in [0.3, 0.4) is 0 Å². The van der Waals surface area contributed by atoms with Crippen molar-refractivity contribution in [1.29, 1.82) is 0 Å². The molecule has 3 unspecified atom stereocenters. The molecule has 0 aromatic carbocycles. The first-order valence-electron chi connectivity index (χ1n) is 9.65. The third kappa shape index (κ3) is 2.68. The van der Waals surface area contributed by atoms with Crippen molar-refractivity contribution >= 4 is 11.8 Å². The molecule has 3 heterocycles. The molecule has 7 heteroatoms. The number of likely N-dealkylation sites (N-methyl/N-ethyl adjacent to an activating group) is 2. The van der Waals surface area contributed by atoms with E-state index in [1.165, 1.54) is 0 Å². The maximum atomic E-state index is 12.7. The number of fused-ring (bicyclic) bond motifs is 1. The Balaban J connectivity index is 1.86. The Morgan fingerprint density at radius 1 is 1.32 bits per heavy atom. The number of nitrogens with zero attached hydrogens (tertiary/aromatic N) is 2. The lowest BCUT2D eigenvalue weighted by molar-refractivity contribution is -0.151. The fraction of sp³-hybridized carbons (Fsp3) is 0.524. The van der Waals surface area contributed by atoms with Gasteiger partial charge in [0.05, 0.1) is 11.8 Å². The zero-order chi connectivity index (χ0) is 20.4. The zero-order valence-electron chi connectivity index (χ0n) is 16.9. The number of aliphatic hydroxyl groups excluding tert-OH is 1. The summed E-state index contributed by atoms with van der Waals surface area (Å²) in [5, 5.41) is 10.3. The van der Waals surface area contributed by atoms with Gasteiger partial charge in [0.25, 0.3) is 11.8 Å². The molecule has 2 aliphatic heterocycles. The quantitative estimate of drug-likeness (QED) is 0.815. The molecule has 1 aromatic rings. The fourth-order valence-corrected chi connectivity index (χ4v) is 4.43. The van der Waals surface area contributed by atoms with Crippen LogP contribution in [0.1, 0.15) is 49.2 Å². The lowest BCUT2D eigenvalue weighted by Crippen LogP contribution is -2.51. The molecular weight excluding hydrogens is 358 g/mol. The van der Waals surface area contributed by atoms with E-state index in [2.05, 4.69) is 11.1 Å².